The molecule has 0 aliphatic heterocycles. The molecule has 6 nitrogen and oxygen atoms in total. The molecule has 0 saturated carbocycles. The third-order valence-electron chi connectivity index (χ3n) is 3.18. The summed E-state index contributed by atoms with van der Waals surface area (Å²) in [5.74, 6) is 1.21. The molecular weight excluding hydrogens is 436 g/mol. The molecule has 0 spiro atoms. The van der Waals surface area contributed by atoms with Crippen LogP contribution in [0.5, 0.6) is 0 Å². The minimum Gasteiger partial charge on any atom is -0.356 e. The highest BCUT2D eigenvalue weighted by Gasteiger charge is 2.26. The van der Waals surface area contributed by atoms with Gasteiger partial charge in [0, 0.05) is 32.8 Å². The molecule has 134 valence electrons. The lowest BCUT2D eigenvalue weighted by atomic mass is 10.3. The maximum absolute atomic E-state index is 12.1. The molecule has 2 N–H and O–H groups in total. The monoisotopic (exact) mass is 456 g/mol. The first-order valence-corrected chi connectivity index (χ1v) is 7.29. The number of hydrogen-bond acceptors (Lipinski definition) is 3. The van der Waals surface area contributed by atoms with Gasteiger partial charge in [-0.05, 0) is 18.6 Å². The normalized spacial score (nSPS) is 12.1. The summed E-state index contributed by atoms with van der Waals surface area (Å²) in [6.07, 6.45) is -1.69. The minimum absolute atomic E-state index is 0. The molecule has 0 fully saturated rings. The van der Waals surface area contributed by atoms with E-state index < -0.39 is 12.6 Å². The van der Waals surface area contributed by atoms with Gasteiger partial charge in [-0.15, -0.1) is 34.2 Å². The summed E-state index contributed by atoms with van der Waals surface area (Å²) < 4.78 is 38.2. The fourth-order valence-corrected chi connectivity index (χ4v) is 2.06. The Morgan fingerprint density at radius 3 is 2.67 bits per heavy atom. The number of aliphatic imine (C=N–C) groups is 1. The molecule has 2 heterocycles. The van der Waals surface area contributed by atoms with Gasteiger partial charge in [0.25, 0.3) is 0 Å². The Morgan fingerprint density at radius 2 is 1.96 bits per heavy atom. The Hall–Kier alpha value is -1.59. The van der Waals surface area contributed by atoms with Crippen molar-refractivity contribution in [2.24, 2.45) is 4.99 Å². The van der Waals surface area contributed by atoms with E-state index in [0.29, 0.717) is 18.9 Å². The van der Waals surface area contributed by atoms with Gasteiger partial charge >= 0.3 is 6.18 Å². The largest absolute Gasteiger partial charge is 0.390 e. The van der Waals surface area contributed by atoms with Crippen LogP contribution >= 0.6 is 24.0 Å². The number of nitrogens with zero attached hydrogens (tertiary/aromatic N) is 4. The number of halogens is 4. The summed E-state index contributed by atoms with van der Waals surface area (Å²) in [5.41, 5.74) is 0.792. The van der Waals surface area contributed by atoms with Crippen LogP contribution in [-0.4, -0.2) is 46.9 Å². The van der Waals surface area contributed by atoms with Gasteiger partial charge in [-0.25, -0.2) is 0 Å². The van der Waals surface area contributed by atoms with Gasteiger partial charge in [0.1, 0.15) is 5.82 Å². The first-order chi connectivity index (χ1) is 11.0. The number of fused-ring (bicyclic) bond motifs is 1. The van der Waals surface area contributed by atoms with Crippen molar-refractivity contribution in [3.63, 3.8) is 0 Å². The molecule has 0 unspecified atom stereocenters. The van der Waals surface area contributed by atoms with E-state index >= 15 is 0 Å². The zero-order valence-corrected chi connectivity index (χ0v) is 15.5. The number of nitrogens with one attached hydrogen (secondary N) is 2. The number of alkyl halides is 3. The van der Waals surface area contributed by atoms with Crippen LogP contribution in [0.25, 0.3) is 5.65 Å². The maximum Gasteiger partial charge on any atom is 0.390 e. The molecule has 0 aromatic carbocycles. The van der Waals surface area contributed by atoms with Gasteiger partial charge in [0.2, 0.25) is 0 Å². The first kappa shape index (κ1) is 20.5. The van der Waals surface area contributed by atoms with Crippen molar-refractivity contribution < 1.29 is 13.2 Å². The quantitative estimate of drug-likeness (QED) is 0.303. The summed E-state index contributed by atoms with van der Waals surface area (Å²) in [6.45, 7) is 0.380. The fraction of sp³-hybridized carbons (Fsp3) is 0.500. The minimum atomic E-state index is -4.17. The highest BCUT2D eigenvalue weighted by molar-refractivity contribution is 14.0. The van der Waals surface area contributed by atoms with Crippen molar-refractivity contribution in [3.8, 4) is 0 Å². The predicted molar refractivity (Wildman–Crippen MR) is 96.8 cm³/mol. The van der Waals surface area contributed by atoms with Crippen molar-refractivity contribution in [2.75, 3.05) is 20.1 Å². The molecule has 24 heavy (non-hydrogen) atoms. The second-order valence-corrected chi connectivity index (χ2v) is 4.94. The first-order valence-electron chi connectivity index (χ1n) is 7.29. The molecule has 0 aliphatic rings. The number of guanidine groups is 1. The average molecular weight is 456 g/mol. The molecule has 0 saturated heterocycles. The molecule has 2 rings (SSSR count). The van der Waals surface area contributed by atoms with Crippen LogP contribution < -0.4 is 10.6 Å². The van der Waals surface area contributed by atoms with Crippen LogP contribution in [0.15, 0.2) is 29.4 Å². The molecular formula is C14H20F3IN6. The molecule has 0 aliphatic carbocycles. The van der Waals surface area contributed by atoms with Crippen molar-refractivity contribution in [1.82, 2.24) is 25.2 Å². The SMILES string of the molecule is CN=C(NCCCc1nnc2ccccn12)NCCC(F)(F)F.I. The van der Waals surface area contributed by atoms with E-state index in [9.17, 15) is 13.2 Å². The molecule has 0 bridgehead atoms. The molecule has 0 radical (unpaired) electrons. The molecule has 10 heteroatoms. The topological polar surface area (TPSA) is 66.6 Å². The van der Waals surface area contributed by atoms with Crippen LogP contribution in [0.4, 0.5) is 13.2 Å². The third kappa shape index (κ3) is 6.49. The summed E-state index contributed by atoms with van der Waals surface area (Å²) in [4.78, 5) is 3.89. The van der Waals surface area contributed by atoms with Gasteiger partial charge in [0.05, 0.1) is 6.42 Å². The highest BCUT2D eigenvalue weighted by atomic mass is 127. The molecule has 2 aromatic heterocycles. The summed E-state index contributed by atoms with van der Waals surface area (Å²) >= 11 is 0. The standard InChI is InChI=1S/C14H19F3N6.HI/c1-18-13(20-9-7-14(15,16)17)19-8-4-6-12-22-21-11-5-2-3-10-23(11)12;/h2-3,5,10H,4,6-9H2,1H3,(H2,18,19,20);1H. The van der Waals surface area contributed by atoms with Crippen LogP contribution in [0, 0.1) is 0 Å². The van der Waals surface area contributed by atoms with Gasteiger partial charge in [0.15, 0.2) is 11.6 Å². The summed E-state index contributed by atoms with van der Waals surface area (Å²) in [7, 11) is 1.52. The van der Waals surface area contributed by atoms with Gasteiger partial charge in [-0.2, -0.15) is 13.2 Å². The number of pyridine rings is 1. The highest BCUT2D eigenvalue weighted by Crippen LogP contribution is 2.17. The van der Waals surface area contributed by atoms with E-state index in [1.165, 1.54) is 7.05 Å². The number of aryl methyl sites for hydroxylation is 1. The van der Waals surface area contributed by atoms with E-state index in [4.69, 9.17) is 0 Å². The van der Waals surface area contributed by atoms with Crippen LogP contribution in [-0.2, 0) is 6.42 Å². The Balaban J connectivity index is 0.00000288. The Morgan fingerprint density at radius 1 is 1.21 bits per heavy atom. The van der Waals surface area contributed by atoms with Gasteiger partial charge in [-0.1, -0.05) is 6.07 Å². The number of aromatic nitrogens is 3. The lowest BCUT2D eigenvalue weighted by molar-refractivity contribution is -0.132. The Labute approximate surface area is 155 Å². The maximum atomic E-state index is 12.1. The van der Waals surface area contributed by atoms with E-state index in [2.05, 4.69) is 25.8 Å². The van der Waals surface area contributed by atoms with Crippen LogP contribution in [0.2, 0.25) is 0 Å². The molecule has 0 amide bonds. The Bertz CT molecular complexity index is 655. The second kappa shape index (κ2) is 9.64. The van der Waals surface area contributed by atoms with Crippen LogP contribution in [0.1, 0.15) is 18.7 Å². The van der Waals surface area contributed by atoms with Crippen molar-refractivity contribution in [1.29, 1.82) is 0 Å². The van der Waals surface area contributed by atoms with Gasteiger partial charge < -0.3 is 10.6 Å². The molecule has 0 atom stereocenters. The fourth-order valence-electron chi connectivity index (χ4n) is 2.06. The second-order valence-electron chi connectivity index (χ2n) is 4.94. The number of hydrogen-bond donors (Lipinski definition) is 2. The zero-order chi connectivity index (χ0) is 16.7. The van der Waals surface area contributed by atoms with E-state index in [-0.39, 0.29) is 30.5 Å². The zero-order valence-electron chi connectivity index (χ0n) is 13.2. The van der Waals surface area contributed by atoms with E-state index in [1.54, 1.807) is 0 Å². The predicted octanol–water partition coefficient (Wildman–Crippen LogP) is 2.40. The Kier molecular flexibility index (Phi) is 8.22. The van der Waals surface area contributed by atoms with Crippen molar-refractivity contribution in [2.45, 2.75) is 25.4 Å². The number of rotatable bonds is 6. The third-order valence-corrected chi connectivity index (χ3v) is 3.18. The van der Waals surface area contributed by atoms with E-state index in [0.717, 1.165) is 17.9 Å². The van der Waals surface area contributed by atoms with Crippen molar-refractivity contribution >= 4 is 35.6 Å². The lowest BCUT2D eigenvalue weighted by Crippen LogP contribution is -2.39. The lowest BCUT2D eigenvalue weighted by Gasteiger charge is -2.12. The summed E-state index contributed by atoms with van der Waals surface area (Å²) in [6, 6.07) is 5.68. The molecule has 2 aromatic rings. The van der Waals surface area contributed by atoms with E-state index in [1.807, 2.05) is 28.8 Å². The smallest absolute Gasteiger partial charge is 0.356 e. The summed E-state index contributed by atoms with van der Waals surface area (Å²) in [5, 5.41) is 13.8. The van der Waals surface area contributed by atoms with Crippen LogP contribution in [0.3, 0.4) is 0 Å². The average Bonchev–Trinajstić information content (AvgIpc) is 2.92. The van der Waals surface area contributed by atoms with Crippen molar-refractivity contribution in [3.05, 3.63) is 30.2 Å². The van der Waals surface area contributed by atoms with Gasteiger partial charge in [-0.3, -0.25) is 9.39 Å².